The van der Waals surface area contributed by atoms with Crippen molar-refractivity contribution in [2.24, 2.45) is 5.73 Å². The van der Waals surface area contributed by atoms with Crippen molar-refractivity contribution in [3.63, 3.8) is 0 Å². The largest absolute Gasteiger partial charge is 0.364 e. The first-order valence-corrected chi connectivity index (χ1v) is 7.65. The maximum absolute atomic E-state index is 12.8. The summed E-state index contributed by atoms with van der Waals surface area (Å²) in [6, 6.07) is 0. The van der Waals surface area contributed by atoms with Crippen molar-refractivity contribution in [1.29, 1.82) is 0 Å². The van der Waals surface area contributed by atoms with E-state index in [1.807, 2.05) is 0 Å². The van der Waals surface area contributed by atoms with Gasteiger partial charge in [-0.15, -0.1) is 0 Å². The number of amides is 3. The highest BCUT2D eigenvalue weighted by Gasteiger charge is 2.52. The average Bonchev–Trinajstić information content (AvgIpc) is 2.96. The third-order valence-corrected chi connectivity index (χ3v) is 4.69. The highest BCUT2D eigenvalue weighted by Crippen LogP contribution is 2.38. The van der Waals surface area contributed by atoms with E-state index in [2.05, 4.69) is 9.97 Å². The van der Waals surface area contributed by atoms with Gasteiger partial charge in [-0.2, -0.15) is 0 Å². The fourth-order valence-electron chi connectivity index (χ4n) is 3.53. The summed E-state index contributed by atoms with van der Waals surface area (Å²) in [5.41, 5.74) is 4.49. The summed E-state index contributed by atoms with van der Waals surface area (Å²) in [6.07, 6.45) is 5.44. The van der Waals surface area contributed by atoms with Crippen molar-refractivity contribution in [3.8, 4) is 0 Å². The summed E-state index contributed by atoms with van der Waals surface area (Å²) in [5.74, 6) is -1.02. The van der Waals surface area contributed by atoms with Crippen LogP contribution in [0, 0.1) is 0 Å². The van der Waals surface area contributed by atoms with Gasteiger partial charge in [0, 0.05) is 20.1 Å². The first-order valence-electron chi connectivity index (χ1n) is 7.65. The molecule has 2 saturated heterocycles. The van der Waals surface area contributed by atoms with Gasteiger partial charge >= 0.3 is 0 Å². The quantitative estimate of drug-likeness (QED) is 0.812. The van der Waals surface area contributed by atoms with Crippen molar-refractivity contribution in [1.82, 2.24) is 19.8 Å². The van der Waals surface area contributed by atoms with Crippen molar-refractivity contribution in [2.75, 3.05) is 20.1 Å². The molecule has 2 fully saturated rings. The van der Waals surface area contributed by atoms with E-state index in [1.54, 1.807) is 16.8 Å². The van der Waals surface area contributed by atoms with Crippen LogP contribution < -0.4 is 5.73 Å². The van der Waals surface area contributed by atoms with Crippen molar-refractivity contribution in [2.45, 2.75) is 31.2 Å². The number of primary amides is 1. The maximum Gasteiger partial charge on any atom is 0.274 e. The second-order valence-corrected chi connectivity index (χ2v) is 6.07. The first-order chi connectivity index (χ1) is 11.0. The van der Waals surface area contributed by atoms with Gasteiger partial charge in [-0.05, 0) is 25.7 Å². The monoisotopic (exact) mass is 317 g/mol. The van der Waals surface area contributed by atoms with Crippen LogP contribution in [0.5, 0.6) is 0 Å². The molecule has 2 aliphatic rings. The molecule has 1 unspecified atom stereocenters. The highest BCUT2D eigenvalue weighted by molar-refractivity contribution is 5.99. The molecule has 8 heteroatoms. The number of hydrogen-bond donors (Lipinski definition) is 1. The minimum absolute atomic E-state index is 0.00341. The molecular weight excluding hydrogens is 298 g/mol. The molecule has 0 aliphatic carbocycles. The van der Waals surface area contributed by atoms with Gasteiger partial charge < -0.3 is 15.5 Å². The third-order valence-electron chi connectivity index (χ3n) is 4.69. The summed E-state index contributed by atoms with van der Waals surface area (Å²) in [6.45, 7) is 1.24. The van der Waals surface area contributed by atoms with Crippen LogP contribution in [0.15, 0.2) is 12.4 Å². The first kappa shape index (κ1) is 15.4. The van der Waals surface area contributed by atoms with Gasteiger partial charge in [-0.1, -0.05) is 0 Å². The van der Waals surface area contributed by atoms with Crippen LogP contribution in [0.4, 0.5) is 0 Å². The standard InChI is InChI=1S/C15H19N5O3/c1-19-6-2-4-15(14(19)23)5-3-7-20(15)13(22)11-9-17-10(8-18-11)12(16)21/h8-9H,2-7H2,1H3,(H2,16,21). The fraction of sp³-hybridized carbons (Fsp3) is 0.533. The molecule has 2 N–H and O–H groups in total. The molecule has 1 atom stereocenters. The zero-order valence-electron chi connectivity index (χ0n) is 13.0. The molecule has 3 amide bonds. The lowest BCUT2D eigenvalue weighted by Gasteiger charge is -2.43. The Kier molecular flexibility index (Phi) is 3.75. The predicted molar refractivity (Wildman–Crippen MR) is 80.4 cm³/mol. The van der Waals surface area contributed by atoms with Crippen molar-refractivity contribution >= 4 is 17.7 Å². The van der Waals surface area contributed by atoms with Crippen LogP contribution in [0.2, 0.25) is 0 Å². The molecule has 0 bridgehead atoms. The number of carbonyl (C=O) groups is 3. The number of carbonyl (C=O) groups excluding carboxylic acids is 3. The molecule has 122 valence electrons. The molecule has 3 rings (SSSR count). The van der Waals surface area contributed by atoms with E-state index < -0.39 is 11.4 Å². The second kappa shape index (κ2) is 5.60. The molecule has 1 spiro atoms. The zero-order chi connectivity index (χ0) is 16.6. The van der Waals surface area contributed by atoms with Crippen LogP contribution in [0.3, 0.4) is 0 Å². The minimum Gasteiger partial charge on any atom is -0.364 e. The van der Waals surface area contributed by atoms with Gasteiger partial charge in [-0.25, -0.2) is 9.97 Å². The summed E-state index contributed by atoms with van der Waals surface area (Å²) in [4.78, 5) is 47.7. The van der Waals surface area contributed by atoms with Crippen LogP contribution in [-0.2, 0) is 4.79 Å². The van der Waals surface area contributed by atoms with E-state index in [-0.39, 0.29) is 23.2 Å². The van der Waals surface area contributed by atoms with Gasteiger partial charge in [0.2, 0.25) is 5.91 Å². The van der Waals surface area contributed by atoms with Crippen molar-refractivity contribution < 1.29 is 14.4 Å². The number of nitrogens with two attached hydrogens (primary N) is 1. The number of hydrogen-bond acceptors (Lipinski definition) is 5. The van der Waals surface area contributed by atoms with E-state index in [1.165, 1.54) is 12.4 Å². The average molecular weight is 317 g/mol. The van der Waals surface area contributed by atoms with E-state index in [0.717, 1.165) is 19.4 Å². The lowest BCUT2D eigenvalue weighted by molar-refractivity contribution is -0.144. The molecule has 3 heterocycles. The number of rotatable bonds is 2. The Bertz CT molecular complexity index is 660. The number of piperidine rings is 1. The van der Waals surface area contributed by atoms with Crippen LogP contribution >= 0.6 is 0 Å². The predicted octanol–water partition coefficient (Wildman–Crippen LogP) is -0.197. The number of likely N-dealkylation sites (N-methyl/N-ethyl adjacent to an activating group) is 1. The summed E-state index contributed by atoms with van der Waals surface area (Å²) in [7, 11) is 1.77. The summed E-state index contributed by atoms with van der Waals surface area (Å²) < 4.78 is 0. The summed E-state index contributed by atoms with van der Waals surface area (Å²) in [5, 5.41) is 0. The van der Waals surface area contributed by atoms with E-state index in [9.17, 15) is 14.4 Å². The van der Waals surface area contributed by atoms with Gasteiger partial charge in [0.05, 0.1) is 12.4 Å². The maximum atomic E-state index is 12.8. The SMILES string of the molecule is CN1CCCC2(CCCN2C(=O)c2cnc(C(N)=O)cn2)C1=O. The van der Waals surface area contributed by atoms with Gasteiger partial charge in [0.25, 0.3) is 11.8 Å². The number of likely N-dealkylation sites (tertiary alicyclic amines) is 2. The normalized spacial score (nSPS) is 24.3. The van der Waals surface area contributed by atoms with Crippen LogP contribution in [0.25, 0.3) is 0 Å². The Morgan fingerprint density at radius 1 is 1.13 bits per heavy atom. The number of nitrogens with zero attached hydrogens (tertiary/aromatic N) is 4. The number of aromatic nitrogens is 2. The zero-order valence-corrected chi connectivity index (χ0v) is 13.0. The van der Waals surface area contributed by atoms with E-state index in [0.29, 0.717) is 19.4 Å². The van der Waals surface area contributed by atoms with Gasteiger partial charge in [0.15, 0.2) is 0 Å². The Balaban J connectivity index is 1.89. The van der Waals surface area contributed by atoms with E-state index in [4.69, 9.17) is 5.73 Å². The molecule has 0 aromatic carbocycles. The fourth-order valence-corrected chi connectivity index (χ4v) is 3.53. The Morgan fingerprint density at radius 2 is 1.74 bits per heavy atom. The van der Waals surface area contributed by atoms with E-state index >= 15 is 0 Å². The molecule has 1 aromatic heterocycles. The Hall–Kier alpha value is -2.51. The molecule has 2 aliphatic heterocycles. The third kappa shape index (κ3) is 2.43. The van der Waals surface area contributed by atoms with Crippen molar-refractivity contribution in [3.05, 3.63) is 23.8 Å². The van der Waals surface area contributed by atoms with Gasteiger partial charge in [0.1, 0.15) is 16.9 Å². The Labute approximate surface area is 133 Å². The topological polar surface area (TPSA) is 109 Å². The second-order valence-electron chi connectivity index (χ2n) is 6.07. The lowest BCUT2D eigenvalue weighted by atomic mass is 9.85. The lowest BCUT2D eigenvalue weighted by Crippen LogP contribution is -2.60. The van der Waals surface area contributed by atoms with Gasteiger partial charge in [-0.3, -0.25) is 14.4 Å². The minimum atomic E-state index is -0.756. The molecule has 0 radical (unpaired) electrons. The smallest absolute Gasteiger partial charge is 0.274 e. The van der Waals surface area contributed by atoms with Crippen LogP contribution in [0.1, 0.15) is 46.7 Å². The molecule has 8 nitrogen and oxygen atoms in total. The molecular formula is C15H19N5O3. The molecule has 0 saturated carbocycles. The molecule has 23 heavy (non-hydrogen) atoms. The Morgan fingerprint density at radius 3 is 2.35 bits per heavy atom. The summed E-state index contributed by atoms with van der Waals surface area (Å²) >= 11 is 0. The highest BCUT2D eigenvalue weighted by atomic mass is 16.2. The van der Waals surface area contributed by atoms with Crippen LogP contribution in [-0.4, -0.2) is 63.2 Å². The molecule has 1 aromatic rings.